The Morgan fingerprint density at radius 2 is 1.76 bits per heavy atom. The summed E-state index contributed by atoms with van der Waals surface area (Å²) >= 11 is 0. The zero-order valence-electron chi connectivity index (χ0n) is 23.7. The summed E-state index contributed by atoms with van der Waals surface area (Å²) in [5.41, 5.74) is 3.88. The van der Waals surface area contributed by atoms with Crippen LogP contribution in [0.3, 0.4) is 0 Å². The van der Waals surface area contributed by atoms with E-state index in [1.807, 2.05) is 43.7 Å². The Morgan fingerprint density at radius 3 is 2.38 bits per heavy atom. The average molecular weight is 513 g/mol. The van der Waals surface area contributed by atoms with Gasteiger partial charge in [-0.1, -0.05) is 25.3 Å². The molecule has 3 N–H and O–H groups in total. The Kier molecular flexibility index (Phi) is 11.3. The number of aromatic amines is 1. The van der Waals surface area contributed by atoms with E-state index in [0.29, 0.717) is 11.1 Å². The van der Waals surface area contributed by atoms with Crippen molar-refractivity contribution in [3.05, 3.63) is 50.9 Å². The van der Waals surface area contributed by atoms with E-state index in [2.05, 4.69) is 39.6 Å². The van der Waals surface area contributed by atoms with E-state index in [9.17, 15) is 9.59 Å². The number of rotatable bonds is 9. The second-order valence-electron chi connectivity index (χ2n) is 10.7. The summed E-state index contributed by atoms with van der Waals surface area (Å²) in [6, 6.07) is 6.53. The van der Waals surface area contributed by atoms with Gasteiger partial charge in [0.05, 0.1) is 18.7 Å². The predicted molar refractivity (Wildman–Crippen MR) is 153 cm³/mol. The molecule has 1 saturated carbocycles. The molecule has 2 aliphatic rings. The number of amides is 1. The molecule has 8 nitrogen and oxygen atoms in total. The molecule has 1 aromatic heterocycles. The minimum atomic E-state index is -0.166. The second kappa shape index (κ2) is 14.4. The first-order chi connectivity index (χ1) is 17.8. The lowest BCUT2D eigenvalue weighted by molar-refractivity contribution is 0.0950. The molecule has 1 aliphatic heterocycles. The number of H-pyrrole nitrogens is 1. The highest BCUT2D eigenvalue weighted by molar-refractivity contribution is 5.97. The van der Waals surface area contributed by atoms with E-state index in [-0.39, 0.29) is 18.0 Å². The molecule has 4 rings (SSSR count). The highest BCUT2D eigenvalue weighted by atomic mass is 16.2. The third-order valence-corrected chi connectivity index (χ3v) is 7.87. The van der Waals surface area contributed by atoms with Gasteiger partial charge in [0.15, 0.2) is 0 Å². The maximum atomic E-state index is 12.7. The van der Waals surface area contributed by atoms with Crippen LogP contribution >= 0.6 is 0 Å². The third-order valence-electron chi connectivity index (χ3n) is 7.87. The number of anilines is 1. The van der Waals surface area contributed by atoms with Crippen molar-refractivity contribution in [3.63, 3.8) is 0 Å². The molecule has 37 heavy (non-hydrogen) atoms. The third kappa shape index (κ3) is 8.20. The summed E-state index contributed by atoms with van der Waals surface area (Å²) in [6.07, 6.45) is 9.72. The van der Waals surface area contributed by atoms with Crippen LogP contribution in [-0.2, 0) is 13.1 Å². The zero-order valence-corrected chi connectivity index (χ0v) is 23.7. The Morgan fingerprint density at radius 1 is 1.05 bits per heavy atom. The molecule has 2 aromatic rings. The van der Waals surface area contributed by atoms with Gasteiger partial charge in [0, 0.05) is 36.1 Å². The van der Waals surface area contributed by atoms with Crippen molar-refractivity contribution in [2.75, 3.05) is 45.6 Å². The number of nitrogens with one attached hydrogen (secondary N) is 3. The SMILES string of the molecule is CCNc1cccc(C(=O)NCc2c(C)n(CCN3CCCC3)[nH]c2=O)c1C.CN(C)C1CCCCC1. The number of aromatic nitrogens is 2. The van der Waals surface area contributed by atoms with Crippen molar-refractivity contribution >= 4 is 11.6 Å². The smallest absolute Gasteiger partial charge is 0.269 e. The summed E-state index contributed by atoms with van der Waals surface area (Å²) in [6.45, 7) is 10.9. The number of hydrogen-bond acceptors (Lipinski definition) is 5. The van der Waals surface area contributed by atoms with Crippen molar-refractivity contribution < 1.29 is 4.79 Å². The average Bonchev–Trinajstić information content (AvgIpc) is 3.51. The molecule has 206 valence electrons. The minimum absolute atomic E-state index is 0.127. The first-order valence-corrected chi connectivity index (χ1v) is 14.1. The fraction of sp³-hybridized carbons (Fsp3) is 0.655. The van der Waals surface area contributed by atoms with Crippen molar-refractivity contribution in [1.82, 2.24) is 24.9 Å². The van der Waals surface area contributed by atoms with Crippen LogP contribution in [0, 0.1) is 13.8 Å². The summed E-state index contributed by atoms with van der Waals surface area (Å²) in [5.74, 6) is -0.166. The van der Waals surface area contributed by atoms with Gasteiger partial charge >= 0.3 is 0 Å². The second-order valence-corrected chi connectivity index (χ2v) is 10.7. The molecule has 8 heteroatoms. The van der Waals surface area contributed by atoms with Crippen LogP contribution in [0.25, 0.3) is 0 Å². The lowest BCUT2D eigenvalue weighted by atomic mass is 9.95. The molecule has 1 amide bonds. The van der Waals surface area contributed by atoms with Crippen molar-refractivity contribution in [3.8, 4) is 0 Å². The van der Waals surface area contributed by atoms with Gasteiger partial charge in [0.2, 0.25) is 0 Å². The zero-order chi connectivity index (χ0) is 26.8. The predicted octanol–water partition coefficient (Wildman–Crippen LogP) is 4.13. The van der Waals surface area contributed by atoms with Crippen LogP contribution in [-0.4, -0.2) is 71.8 Å². The topological polar surface area (TPSA) is 85.4 Å². The van der Waals surface area contributed by atoms with Crippen LogP contribution in [0.2, 0.25) is 0 Å². The number of nitrogens with zero attached hydrogens (tertiary/aromatic N) is 3. The number of hydrogen-bond donors (Lipinski definition) is 3. The number of benzene rings is 1. The van der Waals surface area contributed by atoms with E-state index in [4.69, 9.17) is 0 Å². The van der Waals surface area contributed by atoms with E-state index in [1.165, 1.54) is 44.9 Å². The monoisotopic (exact) mass is 512 g/mol. The molecule has 2 heterocycles. The molecule has 2 fully saturated rings. The molecule has 0 radical (unpaired) electrons. The molecule has 1 saturated heterocycles. The highest BCUT2D eigenvalue weighted by Gasteiger charge is 2.17. The van der Waals surface area contributed by atoms with E-state index >= 15 is 0 Å². The Labute approximate surface area is 222 Å². The van der Waals surface area contributed by atoms with Crippen molar-refractivity contribution in [2.24, 2.45) is 0 Å². The summed E-state index contributed by atoms with van der Waals surface area (Å²) in [5, 5.41) is 9.08. The lowest BCUT2D eigenvalue weighted by Gasteiger charge is -2.27. The van der Waals surface area contributed by atoms with Crippen molar-refractivity contribution in [2.45, 2.75) is 84.8 Å². The Bertz CT molecular complexity index is 1050. The maximum absolute atomic E-state index is 12.7. The van der Waals surface area contributed by atoms with Crippen LogP contribution in [0.1, 0.15) is 79.0 Å². The summed E-state index contributed by atoms with van der Waals surface area (Å²) in [4.78, 5) is 29.8. The van der Waals surface area contributed by atoms with Gasteiger partial charge in [-0.05, 0) is 91.3 Å². The van der Waals surface area contributed by atoms with Gasteiger partial charge in [0.25, 0.3) is 11.5 Å². The van der Waals surface area contributed by atoms with Gasteiger partial charge < -0.3 is 20.4 Å². The number of likely N-dealkylation sites (tertiary alicyclic amines) is 1. The van der Waals surface area contributed by atoms with Crippen LogP contribution in [0.5, 0.6) is 0 Å². The molecule has 1 aliphatic carbocycles. The fourth-order valence-electron chi connectivity index (χ4n) is 5.41. The normalized spacial score (nSPS) is 16.5. The Hall–Kier alpha value is -2.58. The Balaban J connectivity index is 0.000000356. The molecule has 0 unspecified atom stereocenters. The van der Waals surface area contributed by atoms with Gasteiger partial charge in [-0.25, -0.2) is 0 Å². The quantitative estimate of drug-likeness (QED) is 0.470. The molecular weight excluding hydrogens is 464 g/mol. The van der Waals surface area contributed by atoms with E-state index < -0.39 is 0 Å². The maximum Gasteiger partial charge on any atom is 0.269 e. The number of carbonyl (C=O) groups is 1. The van der Waals surface area contributed by atoms with Crippen LogP contribution < -0.4 is 16.2 Å². The van der Waals surface area contributed by atoms with Crippen LogP contribution in [0.15, 0.2) is 23.0 Å². The lowest BCUT2D eigenvalue weighted by Crippen LogP contribution is -2.29. The highest BCUT2D eigenvalue weighted by Crippen LogP contribution is 2.20. The molecule has 0 spiro atoms. The van der Waals surface area contributed by atoms with Gasteiger partial charge in [-0.2, -0.15) is 0 Å². The summed E-state index contributed by atoms with van der Waals surface area (Å²) in [7, 11) is 4.38. The molecule has 0 bridgehead atoms. The van der Waals surface area contributed by atoms with E-state index in [0.717, 1.165) is 55.7 Å². The molecule has 1 aromatic carbocycles. The van der Waals surface area contributed by atoms with Crippen LogP contribution in [0.4, 0.5) is 5.69 Å². The van der Waals surface area contributed by atoms with Gasteiger partial charge in [0.1, 0.15) is 0 Å². The fourth-order valence-corrected chi connectivity index (χ4v) is 5.41. The standard InChI is InChI=1S/C21H31N5O2.C8H17N/c1-4-22-19-9-7-8-17(15(19)2)20(27)23-14-18-16(3)26(24-21(18)28)13-12-25-10-5-6-11-25;1-9(2)8-6-4-3-5-7-8/h7-9,22H,4-6,10-14H2,1-3H3,(H,23,27)(H,24,28);8H,3-7H2,1-2H3. The number of carbonyl (C=O) groups excluding carboxylic acids is 1. The van der Waals surface area contributed by atoms with E-state index in [1.54, 1.807) is 0 Å². The summed E-state index contributed by atoms with van der Waals surface area (Å²) < 4.78 is 1.90. The molecule has 0 atom stereocenters. The first-order valence-electron chi connectivity index (χ1n) is 14.1. The van der Waals surface area contributed by atoms with Crippen molar-refractivity contribution in [1.29, 1.82) is 0 Å². The first kappa shape index (κ1) is 29.0. The van der Waals surface area contributed by atoms with Gasteiger partial charge in [-0.3, -0.25) is 19.4 Å². The largest absolute Gasteiger partial charge is 0.385 e. The van der Waals surface area contributed by atoms with Gasteiger partial charge in [-0.15, -0.1) is 0 Å². The molecular formula is C29H48N6O2. The minimum Gasteiger partial charge on any atom is -0.385 e.